The van der Waals surface area contributed by atoms with Gasteiger partial charge in [0.15, 0.2) is 11.4 Å². The molecule has 4 heterocycles. The quantitative estimate of drug-likeness (QED) is 0.428. The maximum Gasteiger partial charge on any atom is 0.289 e. The van der Waals surface area contributed by atoms with Crippen LogP contribution in [0.1, 0.15) is 41.8 Å². The lowest BCUT2D eigenvalue weighted by atomic mass is 10.2. The summed E-state index contributed by atoms with van der Waals surface area (Å²) in [6.07, 6.45) is 4.31. The van der Waals surface area contributed by atoms with Crippen LogP contribution in [0.5, 0.6) is 0 Å². The fourth-order valence-electron chi connectivity index (χ4n) is 4.32. The molecule has 1 aliphatic heterocycles. The summed E-state index contributed by atoms with van der Waals surface area (Å²) in [6, 6.07) is 9.67. The van der Waals surface area contributed by atoms with Crippen LogP contribution in [0, 0.1) is 12.7 Å². The summed E-state index contributed by atoms with van der Waals surface area (Å²) >= 11 is 0. The first-order valence-electron chi connectivity index (χ1n) is 11.6. The smallest absolute Gasteiger partial charge is 0.289 e. The minimum Gasteiger partial charge on any atom is -0.459 e. The van der Waals surface area contributed by atoms with Crippen molar-refractivity contribution in [1.29, 1.82) is 0 Å². The first-order valence-corrected chi connectivity index (χ1v) is 11.6. The third-order valence-corrected chi connectivity index (χ3v) is 6.15. The Hall–Kier alpha value is -3.75. The third kappa shape index (κ3) is 4.13. The van der Waals surface area contributed by atoms with Gasteiger partial charge in [0.2, 0.25) is 0 Å². The first kappa shape index (κ1) is 22.1. The second kappa shape index (κ2) is 9.24. The molecule has 0 aliphatic carbocycles. The molecule has 0 N–H and O–H groups in total. The van der Waals surface area contributed by atoms with Crippen molar-refractivity contribution in [2.75, 3.05) is 31.1 Å². The standard InChI is InChI=1S/C25H27FN6O2/c1-3-4-7-21-27-23(30-12-14-31(15-13-30)25(33)20-6-5-16-34-20)22-17(2)29-32(24(22)28-21)19-10-8-18(26)9-11-19/h5-6,8-11,16H,3-4,7,12-15H2,1-2H3. The van der Waals surface area contributed by atoms with Gasteiger partial charge in [0, 0.05) is 32.6 Å². The SMILES string of the molecule is CCCCc1nc(N2CCN(C(=O)c3ccco3)CC2)c2c(C)nn(-c3ccc(F)cc3)c2n1. The minimum absolute atomic E-state index is 0.0959. The lowest BCUT2D eigenvalue weighted by Crippen LogP contribution is -2.49. The number of carbonyl (C=O) groups excluding carboxylic acids is 1. The van der Waals surface area contributed by atoms with Crippen molar-refractivity contribution in [2.45, 2.75) is 33.1 Å². The molecular weight excluding hydrogens is 435 g/mol. The van der Waals surface area contributed by atoms with E-state index in [-0.39, 0.29) is 11.7 Å². The molecule has 176 valence electrons. The number of anilines is 1. The molecule has 0 saturated carbocycles. The number of aromatic nitrogens is 4. The molecule has 1 aliphatic rings. The number of halogens is 1. The zero-order chi connectivity index (χ0) is 23.7. The first-order chi connectivity index (χ1) is 16.5. The van der Waals surface area contributed by atoms with E-state index >= 15 is 0 Å². The van der Waals surface area contributed by atoms with Gasteiger partial charge >= 0.3 is 0 Å². The van der Waals surface area contributed by atoms with Crippen LogP contribution in [-0.4, -0.2) is 56.7 Å². The zero-order valence-electron chi connectivity index (χ0n) is 19.4. The van der Waals surface area contributed by atoms with Gasteiger partial charge in [-0.15, -0.1) is 0 Å². The molecular formula is C25H27FN6O2. The number of furan rings is 1. The molecule has 0 radical (unpaired) electrons. The Kier molecular flexibility index (Phi) is 6.00. The highest BCUT2D eigenvalue weighted by Gasteiger charge is 2.27. The number of carbonyl (C=O) groups is 1. The van der Waals surface area contributed by atoms with Gasteiger partial charge in [0.25, 0.3) is 5.91 Å². The maximum atomic E-state index is 13.5. The van der Waals surface area contributed by atoms with Crippen molar-refractivity contribution < 1.29 is 13.6 Å². The highest BCUT2D eigenvalue weighted by molar-refractivity contribution is 5.92. The average Bonchev–Trinajstić information content (AvgIpc) is 3.51. The summed E-state index contributed by atoms with van der Waals surface area (Å²) in [5.74, 6) is 1.57. The Labute approximate surface area is 197 Å². The monoisotopic (exact) mass is 462 g/mol. The second-order valence-electron chi connectivity index (χ2n) is 8.50. The highest BCUT2D eigenvalue weighted by Crippen LogP contribution is 2.30. The predicted octanol–water partition coefficient (Wildman–Crippen LogP) is 4.16. The number of piperazine rings is 1. The molecule has 1 amide bonds. The molecule has 8 nitrogen and oxygen atoms in total. The normalized spacial score (nSPS) is 14.2. The lowest BCUT2D eigenvalue weighted by molar-refractivity contribution is 0.0714. The molecule has 0 spiro atoms. The van der Waals surface area contributed by atoms with Crippen LogP contribution < -0.4 is 4.90 Å². The molecule has 4 aromatic rings. The van der Waals surface area contributed by atoms with Crippen LogP contribution in [0.2, 0.25) is 0 Å². The van der Waals surface area contributed by atoms with Gasteiger partial charge in [-0.2, -0.15) is 5.10 Å². The Morgan fingerprint density at radius 1 is 1.09 bits per heavy atom. The lowest BCUT2D eigenvalue weighted by Gasteiger charge is -2.35. The minimum atomic E-state index is -0.294. The van der Waals surface area contributed by atoms with Crippen LogP contribution >= 0.6 is 0 Å². The molecule has 3 aromatic heterocycles. The van der Waals surface area contributed by atoms with E-state index in [2.05, 4.69) is 11.8 Å². The van der Waals surface area contributed by atoms with Crippen LogP contribution in [0.15, 0.2) is 47.1 Å². The fourth-order valence-corrected chi connectivity index (χ4v) is 4.32. The summed E-state index contributed by atoms with van der Waals surface area (Å²) in [6.45, 7) is 6.51. The molecule has 1 fully saturated rings. The number of amides is 1. The van der Waals surface area contributed by atoms with Crippen molar-refractivity contribution in [2.24, 2.45) is 0 Å². The van der Waals surface area contributed by atoms with Gasteiger partial charge < -0.3 is 14.2 Å². The number of unbranched alkanes of at least 4 members (excludes halogenated alkanes) is 1. The number of nitrogens with zero attached hydrogens (tertiary/aromatic N) is 6. The summed E-state index contributed by atoms with van der Waals surface area (Å²) in [5, 5.41) is 5.62. The fraction of sp³-hybridized carbons (Fsp3) is 0.360. The van der Waals surface area contributed by atoms with Gasteiger partial charge in [-0.3, -0.25) is 4.79 Å². The summed E-state index contributed by atoms with van der Waals surface area (Å²) < 4.78 is 20.6. The summed E-state index contributed by atoms with van der Waals surface area (Å²) in [4.78, 5) is 26.5. The van der Waals surface area contributed by atoms with Crippen molar-refractivity contribution in [3.8, 4) is 5.69 Å². The van der Waals surface area contributed by atoms with Crippen molar-refractivity contribution in [3.05, 3.63) is 65.8 Å². The molecule has 1 aromatic carbocycles. The number of hydrogen-bond acceptors (Lipinski definition) is 6. The number of benzene rings is 1. The second-order valence-corrected chi connectivity index (χ2v) is 8.50. The van der Waals surface area contributed by atoms with E-state index in [0.29, 0.717) is 37.6 Å². The van der Waals surface area contributed by atoms with E-state index in [4.69, 9.17) is 19.5 Å². The zero-order valence-corrected chi connectivity index (χ0v) is 19.4. The summed E-state index contributed by atoms with van der Waals surface area (Å²) in [5.41, 5.74) is 2.28. The molecule has 5 rings (SSSR count). The van der Waals surface area contributed by atoms with Gasteiger partial charge in [-0.25, -0.2) is 19.0 Å². The van der Waals surface area contributed by atoms with E-state index < -0.39 is 0 Å². The van der Waals surface area contributed by atoms with E-state index in [1.807, 2.05) is 6.92 Å². The van der Waals surface area contributed by atoms with Gasteiger partial charge in [0.05, 0.1) is 23.0 Å². The average molecular weight is 463 g/mol. The number of hydrogen-bond donors (Lipinski definition) is 0. The molecule has 9 heteroatoms. The summed E-state index contributed by atoms with van der Waals surface area (Å²) in [7, 11) is 0. The van der Waals surface area contributed by atoms with Gasteiger partial charge in [-0.05, 0) is 49.7 Å². The predicted molar refractivity (Wildman–Crippen MR) is 127 cm³/mol. The largest absolute Gasteiger partial charge is 0.459 e. The van der Waals surface area contributed by atoms with Gasteiger partial charge in [0.1, 0.15) is 17.5 Å². The van der Waals surface area contributed by atoms with E-state index in [0.717, 1.165) is 47.7 Å². The Morgan fingerprint density at radius 3 is 2.53 bits per heavy atom. The van der Waals surface area contributed by atoms with Crippen LogP contribution in [0.3, 0.4) is 0 Å². The number of rotatable bonds is 6. The van der Waals surface area contributed by atoms with Crippen molar-refractivity contribution in [3.63, 3.8) is 0 Å². The number of aryl methyl sites for hydroxylation is 2. The van der Waals surface area contributed by atoms with Crippen LogP contribution in [0.25, 0.3) is 16.7 Å². The van der Waals surface area contributed by atoms with Crippen molar-refractivity contribution >= 4 is 22.8 Å². The molecule has 34 heavy (non-hydrogen) atoms. The number of fused-ring (bicyclic) bond motifs is 1. The molecule has 1 saturated heterocycles. The van der Waals surface area contributed by atoms with E-state index in [1.165, 1.54) is 18.4 Å². The van der Waals surface area contributed by atoms with Crippen molar-refractivity contribution in [1.82, 2.24) is 24.6 Å². The van der Waals surface area contributed by atoms with Crippen LogP contribution in [-0.2, 0) is 6.42 Å². The molecule has 0 atom stereocenters. The topological polar surface area (TPSA) is 80.3 Å². The Bertz CT molecular complexity index is 1290. The molecule has 0 bridgehead atoms. The van der Waals surface area contributed by atoms with E-state index in [1.54, 1.807) is 33.8 Å². The highest BCUT2D eigenvalue weighted by atomic mass is 19.1. The Balaban J connectivity index is 1.50. The maximum absolute atomic E-state index is 13.5. The van der Waals surface area contributed by atoms with Gasteiger partial charge in [-0.1, -0.05) is 13.3 Å². The van der Waals surface area contributed by atoms with Crippen LogP contribution in [0.4, 0.5) is 10.2 Å². The third-order valence-electron chi connectivity index (χ3n) is 6.15. The molecule has 0 unspecified atom stereocenters. The van der Waals surface area contributed by atoms with E-state index in [9.17, 15) is 9.18 Å². The Morgan fingerprint density at radius 2 is 1.85 bits per heavy atom.